The van der Waals surface area contributed by atoms with Crippen LogP contribution in [0.15, 0.2) is 32.8 Å². The minimum Gasteiger partial charge on any atom is -0.330 e. The summed E-state index contributed by atoms with van der Waals surface area (Å²) < 4.78 is 0.953. The highest BCUT2D eigenvalue weighted by molar-refractivity contribution is 8.01. The van der Waals surface area contributed by atoms with E-state index in [9.17, 15) is 4.79 Å². The maximum atomic E-state index is 11.6. The lowest BCUT2D eigenvalue weighted by Crippen LogP contribution is -2.13. The highest BCUT2D eigenvalue weighted by atomic mass is 35.5. The molecule has 0 fully saturated rings. The van der Waals surface area contributed by atoms with E-state index in [1.165, 1.54) is 11.8 Å². The third-order valence-corrected chi connectivity index (χ3v) is 5.18. The largest absolute Gasteiger partial charge is 0.330 e. The van der Waals surface area contributed by atoms with E-state index in [-0.39, 0.29) is 18.3 Å². The number of hydrogen-bond acceptors (Lipinski definition) is 5. The number of benzene rings is 1. The van der Waals surface area contributed by atoms with Crippen LogP contribution in [-0.2, 0) is 4.79 Å². The Labute approximate surface area is 149 Å². The second kappa shape index (κ2) is 9.37. The number of aryl methyl sites for hydroxylation is 1. The molecule has 0 aliphatic heterocycles. The second-order valence-electron chi connectivity index (χ2n) is 4.44. The van der Waals surface area contributed by atoms with E-state index in [1.54, 1.807) is 17.4 Å². The van der Waals surface area contributed by atoms with Gasteiger partial charge in [0.2, 0.25) is 5.91 Å². The van der Waals surface area contributed by atoms with Crippen molar-refractivity contribution in [3.8, 4) is 0 Å². The second-order valence-corrected chi connectivity index (χ2v) is 7.00. The fourth-order valence-corrected chi connectivity index (χ4v) is 3.71. The maximum Gasteiger partial charge on any atom is 0.224 e. The molecule has 1 amide bonds. The fraction of sp³-hybridized carbons (Fsp3) is 0.286. The van der Waals surface area contributed by atoms with Crippen molar-refractivity contribution in [2.75, 3.05) is 11.9 Å². The zero-order chi connectivity index (χ0) is 15.2. The summed E-state index contributed by atoms with van der Waals surface area (Å²) in [5, 5.41) is 5.42. The van der Waals surface area contributed by atoms with Crippen LogP contribution in [0.3, 0.4) is 0 Å². The zero-order valence-corrected chi connectivity index (χ0v) is 15.2. The number of anilines is 1. The predicted molar refractivity (Wildman–Crippen MR) is 96.6 cm³/mol. The fourth-order valence-electron chi connectivity index (χ4n) is 1.62. The molecule has 3 N–H and O–H groups in total. The number of rotatable bonds is 6. The first-order chi connectivity index (χ1) is 10.1. The van der Waals surface area contributed by atoms with Gasteiger partial charge in [-0.05, 0) is 38.1 Å². The molecular weight excluding hydrogens is 361 g/mol. The SMILES string of the molecule is Cc1csc(Sc2ccc(NC(=O)CCCN)cc2Cl)n1.Cl. The van der Waals surface area contributed by atoms with Crippen LogP contribution in [0.4, 0.5) is 5.69 Å². The van der Waals surface area contributed by atoms with Crippen LogP contribution < -0.4 is 11.1 Å². The summed E-state index contributed by atoms with van der Waals surface area (Å²) in [6.07, 6.45) is 1.10. The van der Waals surface area contributed by atoms with Crippen molar-refractivity contribution in [3.63, 3.8) is 0 Å². The van der Waals surface area contributed by atoms with Gasteiger partial charge in [0.15, 0.2) is 4.34 Å². The molecule has 0 saturated carbocycles. The van der Waals surface area contributed by atoms with E-state index in [1.807, 2.05) is 24.4 Å². The van der Waals surface area contributed by atoms with Gasteiger partial charge in [0.05, 0.1) is 5.02 Å². The van der Waals surface area contributed by atoms with E-state index in [4.69, 9.17) is 17.3 Å². The van der Waals surface area contributed by atoms with Gasteiger partial charge in [-0.25, -0.2) is 4.98 Å². The number of amides is 1. The van der Waals surface area contributed by atoms with E-state index in [2.05, 4.69) is 10.3 Å². The Morgan fingerprint density at radius 3 is 2.86 bits per heavy atom. The average molecular weight is 378 g/mol. The summed E-state index contributed by atoms with van der Waals surface area (Å²) >= 11 is 9.37. The molecule has 120 valence electrons. The third kappa shape index (κ3) is 5.78. The molecule has 8 heteroatoms. The van der Waals surface area contributed by atoms with E-state index >= 15 is 0 Å². The molecule has 2 rings (SSSR count). The minimum atomic E-state index is -0.0486. The van der Waals surface area contributed by atoms with Crippen molar-refractivity contribution >= 4 is 58.7 Å². The summed E-state index contributed by atoms with van der Waals surface area (Å²) in [7, 11) is 0. The summed E-state index contributed by atoms with van der Waals surface area (Å²) in [6, 6.07) is 5.49. The highest BCUT2D eigenvalue weighted by Gasteiger charge is 2.08. The molecule has 2 aromatic rings. The summed E-state index contributed by atoms with van der Waals surface area (Å²) in [5.74, 6) is -0.0486. The van der Waals surface area contributed by atoms with E-state index in [0.717, 1.165) is 14.9 Å². The Morgan fingerprint density at radius 1 is 1.50 bits per heavy atom. The number of carbonyl (C=O) groups is 1. The quantitative estimate of drug-likeness (QED) is 0.784. The lowest BCUT2D eigenvalue weighted by molar-refractivity contribution is -0.116. The van der Waals surface area contributed by atoms with Crippen molar-refractivity contribution in [1.82, 2.24) is 4.98 Å². The van der Waals surface area contributed by atoms with Gasteiger partial charge in [0.1, 0.15) is 0 Å². The Kier molecular flexibility index (Phi) is 8.20. The van der Waals surface area contributed by atoms with Crippen molar-refractivity contribution in [2.24, 2.45) is 5.73 Å². The minimum absolute atomic E-state index is 0. The van der Waals surface area contributed by atoms with Gasteiger partial charge >= 0.3 is 0 Å². The van der Waals surface area contributed by atoms with Crippen LogP contribution >= 0.6 is 47.1 Å². The van der Waals surface area contributed by atoms with Crippen molar-refractivity contribution in [2.45, 2.75) is 29.0 Å². The number of halogens is 2. The van der Waals surface area contributed by atoms with Crippen LogP contribution in [0.5, 0.6) is 0 Å². The molecule has 1 aromatic carbocycles. The number of nitrogens with two attached hydrogens (primary N) is 1. The van der Waals surface area contributed by atoms with Gasteiger partial charge in [0, 0.05) is 28.1 Å². The summed E-state index contributed by atoms with van der Waals surface area (Å²) in [6.45, 7) is 2.47. The smallest absolute Gasteiger partial charge is 0.224 e. The number of nitrogens with one attached hydrogen (secondary N) is 1. The average Bonchev–Trinajstić information content (AvgIpc) is 2.85. The standard InChI is InChI=1S/C14H16ClN3OS2.ClH/c1-9-8-20-14(17-9)21-12-5-4-10(7-11(12)15)18-13(19)3-2-6-16;/h4-5,7-8H,2-3,6,16H2,1H3,(H,18,19);1H. The zero-order valence-electron chi connectivity index (χ0n) is 12.0. The Hall–Kier alpha value is -0.790. The molecule has 0 atom stereocenters. The molecular formula is C14H17Cl2N3OS2. The van der Waals surface area contributed by atoms with Crippen molar-refractivity contribution < 1.29 is 4.79 Å². The van der Waals surface area contributed by atoms with Crippen LogP contribution in [0.2, 0.25) is 5.02 Å². The molecule has 0 unspecified atom stereocenters. The number of aromatic nitrogens is 1. The number of carbonyl (C=O) groups excluding carboxylic acids is 1. The molecule has 0 spiro atoms. The van der Waals surface area contributed by atoms with Crippen molar-refractivity contribution in [3.05, 3.63) is 34.3 Å². The molecule has 0 bridgehead atoms. The van der Waals surface area contributed by atoms with Gasteiger partial charge in [-0.15, -0.1) is 23.7 Å². The molecule has 1 aromatic heterocycles. The molecule has 22 heavy (non-hydrogen) atoms. The highest BCUT2D eigenvalue weighted by Crippen LogP contribution is 2.36. The van der Waals surface area contributed by atoms with Gasteiger partial charge < -0.3 is 11.1 Å². The first-order valence-electron chi connectivity index (χ1n) is 6.48. The first-order valence-corrected chi connectivity index (χ1v) is 8.55. The van der Waals surface area contributed by atoms with Gasteiger partial charge in [0.25, 0.3) is 0 Å². The van der Waals surface area contributed by atoms with Crippen molar-refractivity contribution in [1.29, 1.82) is 0 Å². The number of nitrogens with zero attached hydrogens (tertiary/aromatic N) is 1. The van der Waals surface area contributed by atoms with Gasteiger partial charge in [-0.1, -0.05) is 23.4 Å². The third-order valence-electron chi connectivity index (χ3n) is 2.62. The number of thiazole rings is 1. The molecule has 1 heterocycles. The lowest BCUT2D eigenvalue weighted by atomic mass is 10.2. The molecule has 0 radical (unpaired) electrons. The maximum absolute atomic E-state index is 11.6. The van der Waals surface area contributed by atoms with E-state index in [0.29, 0.717) is 30.1 Å². The topological polar surface area (TPSA) is 68.0 Å². The normalized spacial score (nSPS) is 10.1. The van der Waals surface area contributed by atoms with Gasteiger partial charge in [-0.2, -0.15) is 0 Å². The number of hydrogen-bond donors (Lipinski definition) is 2. The first kappa shape index (κ1) is 19.3. The van der Waals surface area contributed by atoms with Crippen LogP contribution in [-0.4, -0.2) is 17.4 Å². The van der Waals surface area contributed by atoms with Crippen LogP contribution in [0.1, 0.15) is 18.5 Å². The van der Waals surface area contributed by atoms with Crippen LogP contribution in [0.25, 0.3) is 0 Å². The van der Waals surface area contributed by atoms with E-state index < -0.39 is 0 Å². The molecule has 0 saturated heterocycles. The molecule has 0 aliphatic rings. The summed E-state index contributed by atoms with van der Waals surface area (Å²) in [5.41, 5.74) is 7.08. The molecule has 0 aliphatic carbocycles. The lowest BCUT2D eigenvalue weighted by Gasteiger charge is -2.07. The predicted octanol–water partition coefficient (Wildman–Crippen LogP) is 4.36. The van der Waals surface area contributed by atoms with Crippen LogP contribution in [0, 0.1) is 6.92 Å². The summed E-state index contributed by atoms with van der Waals surface area (Å²) in [4.78, 5) is 17.0. The Morgan fingerprint density at radius 2 is 2.27 bits per heavy atom. The monoisotopic (exact) mass is 377 g/mol. The molecule has 4 nitrogen and oxygen atoms in total. The Bertz CT molecular complexity index is 634. The Balaban J connectivity index is 0.00000242. The van der Waals surface area contributed by atoms with Gasteiger partial charge in [-0.3, -0.25) is 4.79 Å².